The van der Waals surface area contributed by atoms with E-state index in [1.54, 1.807) is 0 Å². The minimum atomic E-state index is -0.506. The Morgan fingerprint density at radius 1 is 1.17 bits per heavy atom. The van der Waals surface area contributed by atoms with Crippen molar-refractivity contribution in [1.82, 2.24) is 0 Å². The minimum Gasteiger partial charge on any atom is -0.492 e. The average Bonchev–Trinajstić information content (AvgIpc) is 2.73. The highest BCUT2D eigenvalue weighted by Gasteiger charge is 2.48. The van der Waals surface area contributed by atoms with Gasteiger partial charge in [0.05, 0.1) is 16.6 Å². The lowest BCUT2D eigenvalue weighted by Crippen LogP contribution is -2.41. The Kier molecular flexibility index (Phi) is 3.88. The van der Waals surface area contributed by atoms with Crippen molar-refractivity contribution >= 4 is 15.9 Å². The Balaban J connectivity index is 1.53. The highest BCUT2D eigenvalue weighted by atomic mass is 79.9. The Labute approximate surface area is 145 Å². The summed E-state index contributed by atoms with van der Waals surface area (Å²) in [6.45, 7) is 0.681. The van der Waals surface area contributed by atoms with E-state index in [2.05, 4.69) is 15.9 Å². The van der Waals surface area contributed by atoms with Gasteiger partial charge in [0.1, 0.15) is 17.6 Å². The smallest absolute Gasteiger partial charge is 0.144 e. The molecule has 0 radical (unpaired) electrons. The summed E-state index contributed by atoms with van der Waals surface area (Å²) in [6, 6.07) is 4.72. The van der Waals surface area contributed by atoms with Gasteiger partial charge < -0.3 is 4.74 Å². The lowest BCUT2D eigenvalue weighted by molar-refractivity contribution is -0.00389. The monoisotopic (exact) mass is 377 g/mol. The van der Waals surface area contributed by atoms with Crippen LogP contribution in [0.4, 0.5) is 4.39 Å². The van der Waals surface area contributed by atoms with Crippen molar-refractivity contribution in [1.29, 1.82) is 5.26 Å². The van der Waals surface area contributed by atoms with E-state index in [0.29, 0.717) is 16.8 Å². The molecule has 0 heterocycles. The molecular formula is C19H21BrFNO. The highest BCUT2D eigenvalue weighted by molar-refractivity contribution is 9.10. The molecule has 2 atom stereocenters. The third-order valence-electron chi connectivity index (χ3n) is 6.16. The van der Waals surface area contributed by atoms with Crippen molar-refractivity contribution in [2.45, 2.75) is 44.9 Å². The zero-order chi connectivity index (χ0) is 16.0. The van der Waals surface area contributed by atoms with E-state index in [1.165, 1.54) is 57.1 Å². The van der Waals surface area contributed by atoms with Crippen LogP contribution in [0.3, 0.4) is 0 Å². The zero-order valence-corrected chi connectivity index (χ0v) is 14.7. The van der Waals surface area contributed by atoms with Crippen molar-refractivity contribution in [2.75, 3.05) is 6.61 Å². The first-order valence-electron chi connectivity index (χ1n) is 8.59. The van der Waals surface area contributed by atoms with Crippen molar-refractivity contribution in [3.05, 3.63) is 28.0 Å². The summed E-state index contributed by atoms with van der Waals surface area (Å²) in [4.78, 5) is 0. The van der Waals surface area contributed by atoms with Gasteiger partial charge in [-0.05, 0) is 71.9 Å². The third-order valence-corrected chi connectivity index (χ3v) is 6.78. The Bertz CT molecular complexity index is 652. The summed E-state index contributed by atoms with van der Waals surface area (Å²) in [5.74, 6) is 2.63. The molecule has 1 aromatic rings. The Morgan fingerprint density at radius 2 is 1.83 bits per heavy atom. The van der Waals surface area contributed by atoms with Crippen molar-refractivity contribution in [3.63, 3.8) is 0 Å². The molecule has 0 aliphatic heterocycles. The predicted octanol–water partition coefficient (Wildman–Crippen LogP) is 5.45. The van der Waals surface area contributed by atoms with Crippen LogP contribution in [0, 0.1) is 40.3 Å². The fraction of sp³-hybridized carbons (Fsp3) is 0.632. The van der Waals surface area contributed by atoms with Crippen molar-refractivity contribution < 1.29 is 9.13 Å². The Hall–Kier alpha value is -1.08. The third kappa shape index (κ3) is 2.89. The van der Waals surface area contributed by atoms with Crippen LogP contribution in [0.1, 0.15) is 50.5 Å². The van der Waals surface area contributed by atoms with Gasteiger partial charge in [-0.25, -0.2) is 4.39 Å². The van der Waals surface area contributed by atoms with Gasteiger partial charge in [-0.3, -0.25) is 0 Å². The second-order valence-corrected chi connectivity index (χ2v) is 8.78. The first-order chi connectivity index (χ1) is 11.1. The largest absolute Gasteiger partial charge is 0.492 e. The summed E-state index contributed by atoms with van der Waals surface area (Å²) >= 11 is 3.41. The van der Waals surface area contributed by atoms with E-state index in [9.17, 15) is 4.39 Å². The van der Waals surface area contributed by atoms with Gasteiger partial charge in [-0.15, -0.1) is 0 Å². The lowest BCUT2D eigenvalue weighted by atomic mass is 9.59. The number of benzene rings is 1. The van der Waals surface area contributed by atoms with E-state index in [0.717, 1.165) is 17.8 Å². The maximum atomic E-state index is 13.9. The molecule has 4 aliphatic rings. The SMILES string of the molecule is N#Cc1cc(Br)c(OCC23CC4CCC(CC(C4)C2)C3)cc1F. The van der Waals surface area contributed by atoms with Crippen LogP contribution in [0.2, 0.25) is 0 Å². The molecule has 23 heavy (non-hydrogen) atoms. The predicted molar refractivity (Wildman–Crippen MR) is 89.5 cm³/mol. The van der Waals surface area contributed by atoms with Gasteiger partial charge in [0.25, 0.3) is 0 Å². The first-order valence-corrected chi connectivity index (χ1v) is 9.38. The molecular weight excluding hydrogens is 357 g/mol. The van der Waals surface area contributed by atoms with Gasteiger partial charge in [0, 0.05) is 11.5 Å². The topological polar surface area (TPSA) is 33.0 Å². The van der Waals surface area contributed by atoms with Crippen LogP contribution >= 0.6 is 15.9 Å². The van der Waals surface area contributed by atoms with E-state index in [-0.39, 0.29) is 11.0 Å². The number of halogens is 2. The molecule has 4 bridgehead atoms. The van der Waals surface area contributed by atoms with Gasteiger partial charge in [0.2, 0.25) is 0 Å². The minimum absolute atomic E-state index is 0.0517. The standard InChI is InChI=1S/C19H21BrFNO/c20-16-5-15(10-22)17(21)6-18(16)23-11-19-7-12-1-2-13(8-19)4-14(3-12)9-19/h5-6,12-14H,1-4,7-9,11H2. The molecule has 0 aromatic heterocycles. The highest BCUT2D eigenvalue weighted by Crippen LogP contribution is 2.57. The Morgan fingerprint density at radius 3 is 2.48 bits per heavy atom. The van der Waals surface area contributed by atoms with Crippen molar-refractivity contribution in [2.24, 2.45) is 23.2 Å². The summed E-state index contributed by atoms with van der Waals surface area (Å²) < 4.78 is 20.6. The van der Waals surface area contributed by atoms with E-state index in [4.69, 9.17) is 10.00 Å². The molecule has 4 heteroatoms. The molecule has 4 fully saturated rings. The fourth-order valence-electron chi connectivity index (χ4n) is 5.50. The maximum absolute atomic E-state index is 13.9. The van der Waals surface area contributed by atoms with Crippen LogP contribution in [-0.4, -0.2) is 6.61 Å². The quantitative estimate of drug-likeness (QED) is 0.701. The van der Waals surface area contributed by atoms with Crippen LogP contribution in [0.25, 0.3) is 0 Å². The molecule has 2 unspecified atom stereocenters. The number of fused-ring (bicyclic) bond motifs is 1. The maximum Gasteiger partial charge on any atom is 0.144 e. The molecule has 0 saturated heterocycles. The van der Waals surface area contributed by atoms with Gasteiger partial charge in [-0.2, -0.15) is 5.26 Å². The number of hydrogen-bond donors (Lipinski definition) is 0. The van der Waals surface area contributed by atoms with E-state index < -0.39 is 5.82 Å². The number of nitriles is 1. The van der Waals surface area contributed by atoms with Gasteiger partial charge in [-0.1, -0.05) is 12.8 Å². The molecule has 2 nitrogen and oxygen atoms in total. The van der Waals surface area contributed by atoms with Crippen LogP contribution in [-0.2, 0) is 0 Å². The lowest BCUT2D eigenvalue weighted by Gasteiger charge is -2.48. The molecule has 4 saturated carbocycles. The molecule has 0 N–H and O–H groups in total. The second-order valence-electron chi connectivity index (χ2n) is 7.92. The summed E-state index contributed by atoms with van der Waals surface area (Å²) in [5, 5.41) is 8.90. The number of ether oxygens (including phenoxy) is 1. The molecule has 122 valence electrons. The van der Waals surface area contributed by atoms with Crippen LogP contribution in [0.15, 0.2) is 16.6 Å². The summed E-state index contributed by atoms with van der Waals surface area (Å²) in [5.41, 5.74) is 0.340. The zero-order valence-electron chi connectivity index (χ0n) is 13.2. The normalized spacial score (nSPS) is 34.9. The van der Waals surface area contributed by atoms with Crippen molar-refractivity contribution in [3.8, 4) is 11.8 Å². The number of nitrogens with zero attached hydrogens (tertiary/aromatic N) is 1. The van der Waals surface area contributed by atoms with Crippen LogP contribution in [0.5, 0.6) is 5.75 Å². The molecule has 5 rings (SSSR count). The van der Waals surface area contributed by atoms with E-state index in [1.807, 2.05) is 6.07 Å². The van der Waals surface area contributed by atoms with Crippen LogP contribution < -0.4 is 4.74 Å². The summed E-state index contributed by atoms with van der Waals surface area (Å²) in [7, 11) is 0. The molecule has 0 spiro atoms. The van der Waals surface area contributed by atoms with Gasteiger partial charge >= 0.3 is 0 Å². The number of hydrogen-bond acceptors (Lipinski definition) is 2. The second kappa shape index (κ2) is 5.77. The fourth-order valence-corrected chi connectivity index (χ4v) is 5.96. The van der Waals surface area contributed by atoms with Gasteiger partial charge in [0.15, 0.2) is 0 Å². The molecule has 1 aromatic carbocycles. The number of rotatable bonds is 3. The summed E-state index contributed by atoms with van der Waals surface area (Å²) in [6.07, 6.45) is 9.42. The van der Waals surface area contributed by atoms with E-state index >= 15 is 0 Å². The molecule has 0 amide bonds. The molecule has 4 aliphatic carbocycles. The first kappa shape index (κ1) is 15.4. The average molecular weight is 378 g/mol.